The van der Waals surface area contributed by atoms with Crippen LogP contribution in [0.1, 0.15) is 42.1 Å². The summed E-state index contributed by atoms with van der Waals surface area (Å²) in [5.41, 5.74) is 1.68. The Kier molecular flexibility index (Phi) is 6.06. The molecule has 4 nitrogen and oxygen atoms in total. The summed E-state index contributed by atoms with van der Waals surface area (Å²) < 4.78 is 9.75. The molecule has 0 amide bonds. The zero-order chi connectivity index (χ0) is 14.3. The van der Waals surface area contributed by atoms with Crippen LogP contribution in [0.5, 0.6) is 5.75 Å². The smallest absolute Gasteiger partial charge is 0.305 e. The number of ether oxygens (including phenoxy) is 2. The van der Waals surface area contributed by atoms with Gasteiger partial charge in [0.1, 0.15) is 5.75 Å². The highest BCUT2D eigenvalue weighted by Gasteiger charge is 2.13. The van der Waals surface area contributed by atoms with E-state index in [9.17, 15) is 9.59 Å². The summed E-state index contributed by atoms with van der Waals surface area (Å²) in [5, 5.41) is 0. The first-order chi connectivity index (χ1) is 9.12. The van der Waals surface area contributed by atoms with Crippen molar-refractivity contribution in [3.63, 3.8) is 0 Å². The van der Waals surface area contributed by atoms with E-state index in [4.69, 9.17) is 4.74 Å². The molecule has 0 heterocycles. The fraction of sp³-hybridized carbons (Fsp3) is 0.467. The lowest BCUT2D eigenvalue weighted by Gasteiger charge is -2.09. The van der Waals surface area contributed by atoms with E-state index >= 15 is 0 Å². The average Bonchev–Trinajstić information content (AvgIpc) is 2.45. The van der Waals surface area contributed by atoms with Gasteiger partial charge in [-0.2, -0.15) is 0 Å². The number of rotatable bonds is 7. The topological polar surface area (TPSA) is 52.6 Å². The normalized spacial score (nSPS) is 10.1. The van der Waals surface area contributed by atoms with E-state index in [0.29, 0.717) is 24.2 Å². The molecule has 104 valence electrons. The van der Waals surface area contributed by atoms with Crippen molar-refractivity contribution in [2.75, 3.05) is 14.2 Å². The molecule has 0 saturated carbocycles. The van der Waals surface area contributed by atoms with E-state index < -0.39 is 0 Å². The molecule has 0 bridgehead atoms. The van der Waals surface area contributed by atoms with Crippen molar-refractivity contribution in [3.8, 4) is 5.75 Å². The van der Waals surface area contributed by atoms with Gasteiger partial charge in [-0.15, -0.1) is 0 Å². The molecular weight excluding hydrogens is 244 g/mol. The highest BCUT2D eigenvalue weighted by Crippen LogP contribution is 2.22. The van der Waals surface area contributed by atoms with Crippen molar-refractivity contribution in [2.45, 2.75) is 32.6 Å². The maximum Gasteiger partial charge on any atom is 0.305 e. The molecule has 0 unspecified atom stereocenters. The van der Waals surface area contributed by atoms with Crippen LogP contribution in [0.15, 0.2) is 18.2 Å². The molecule has 0 spiro atoms. The van der Waals surface area contributed by atoms with Gasteiger partial charge < -0.3 is 9.47 Å². The highest BCUT2D eigenvalue weighted by molar-refractivity contribution is 5.99. The fourth-order valence-corrected chi connectivity index (χ4v) is 1.82. The van der Waals surface area contributed by atoms with E-state index in [2.05, 4.69) is 4.74 Å². The lowest BCUT2D eigenvalue weighted by Crippen LogP contribution is -2.06. The third-order valence-electron chi connectivity index (χ3n) is 2.98. The molecule has 0 aliphatic heterocycles. The molecule has 0 aliphatic carbocycles. The second-order valence-corrected chi connectivity index (χ2v) is 4.24. The zero-order valence-corrected chi connectivity index (χ0v) is 11.7. The van der Waals surface area contributed by atoms with E-state index in [1.807, 2.05) is 25.1 Å². The molecule has 1 aromatic rings. The van der Waals surface area contributed by atoms with Crippen LogP contribution in [0.4, 0.5) is 0 Å². The molecule has 0 aliphatic rings. The molecule has 1 rings (SSSR count). The van der Waals surface area contributed by atoms with Gasteiger partial charge in [0.2, 0.25) is 0 Å². The molecule has 4 heteroatoms. The van der Waals surface area contributed by atoms with Crippen LogP contribution in [0.25, 0.3) is 0 Å². The minimum Gasteiger partial charge on any atom is -0.496 e. The predicted molar refractivity (Wildman–Crippen MR) is 72.6 cm³/mol. The summed E-state index contributed by atoms with van der Waals surface area (Å²) in [5.74, 6) is 0.290. The third-order valence-corrected chi connectivity index (χ3v) is 2.98. The van der Waals surface area contributed by atoms with Crippen molar-refractivity contribution < 1.29 is 19.1 Å². The summed E-state index contributed by atoms with van der Waals surface area (Å²) >= 11 is 0. The summed E-state index contributed by atoms with van der Waals surface area (Å²) in [6, 6.07) is 5.62. The van der Waals surface area contributed by atoms with Gasteiger partial charge in [0, 0.05) is 12.8 Å². The summed E-state index contributed by atoms with van der Waals surface area (Å²) in [6.45, 7) is 2.04. The number of methoxy groups -OCH3 is 2. The molecule has 0 fully saturated rings. The Balaban J connectivity index is 2.72. The first kappa shape index (κ1) is 15.2. The van der Waals surface area contributed by atoms with Crippen molar-refractivity contribution >= 4 is 11.8 Å². The second-order valence-electron chi connectivity index (χ2n) is 4.24. The van der Waals surface area contributed by atoms with Gasteiger partial charge in [0.05, 0.1) is 19.8 Å². The van der Waals surface area contributed by atoms with E-state index in [1.165, 1.54) is 7.11 Å². The van der Waals surface area contributed by atoms with Gasteiger partial charge in [0.15, 0.2) is 5.78 Å². The Morgan fingerprint density at radius 2 is 1.89 bits per heavy atom. The lowest BCUT2D eigenvalue weighted by atomic mass is 10.0. The van der Waals surface area contributed by atoms with E-state index in [1.54, 1.807) is 7.11 Å². The highest BCUT2D eigenvalue weighted by atomic mass is 16.5. The third kappa shape index (κ3) is 4.39. The zero-order valence-electron chi connectivity index (χ0n) is 11.7. The maximum atomic E-state index is 12.1. The number of Topliss-reactive ketones (excluding diaryl/α,β-unsaturated/α-hetero) is 1. The van der Waals surface area contributed by atoms with Gasteiger partial charge in [-0.3, -0.25) is 9.59 Å². The molecule has 0 atom stereocenters. The van der Waals surface area contributed by atoms with Gasteiger partial charge in [0.25, 0.3) is 0 Å². The SMILES string of the molecule is CCc1ccc(OC)c(C(=O)CCCC(=O)OC)c1. The Labute approximate surface area is 113 Å². The number of hydrogen-bond acceptors (Lipinski definition) is 4. The number of hydrogen-bond donors (Lipinski definition) is 0. The van der Waals surface area contributed by atoms with Crippen LogP contribution in [0, 0.1) is 0 Å². The minimum absolute atomic E-state index is 0.00365. The van der Waals surface area contributed by atoms with Crippen molar-refractivity contribution in [2.24, 2.45) is 0 Å². The second kappa shape index (κ2) is 7.56. The lowest BCUT2D eigenvalue weighted by molar-refractivity contribution is -0.140. The quantitative estimate of drug-likeness (QED) is 0.561. The van der Waals surface area contributed by atoms with Crippen LogP contribution >= 0.6 is 0 Å². The van der Waals surface area contributed by atoms with E-state index in [0.717, 1.165) is 12.0 Å². The van der Waals surface area contributed by atoms with Crippen molar-refractivity contribution in [1.82, 2.24) is 0 Å². The van der Waals surface area contributed by atoms with Crippen molar-refractivity contribution in [3.05, 3.63) is 29.3 Å². The number of ketones is 1. The van der Waals surface area contributed by atoms with Crippen LogP contribution in [-0.4, -0.2) is 26.0 Å². The number of carbonyl (C=O) groups is 2. The van der Waals surface area contributed by atoms with Gasteiger partial charge in [-0.1, -0.05) is 13.0 Å². The maximum absolute atomic E-state index is 12.1. The molecule has 1 aromatic carbocycles. The molecule has 0 radical (unpaired) electrons. The summed E-state index contributed by atoms with van der Waals surface area (Å²) in [4.78, 5) is 23.1. The predicted octanol–water partition coefficient (Wildman–Crippen LogP) is 2.78. The van der Waals surface area contributed by atoms with Gasteiger partial charge in [-0.25, -0.2) is 0 Å². The van der Waals surface area contributed by atoms with E-state index in [-0.39, 0.29) is 18.2 Å². The van der Waals surface area contributed by atoms with Crippen LogP contribution in [0.2, 0.25) is 0 Å². The summed E-state index contributed by atoms with van der Waals surface area (Å²) in [6.07, 6.45) is 1.94. The first-order valence-electron chi connectivity index (χ1n) is 6.39. The molecular formula is C15H20O4. The average molecular weight is 264 g/mol. The number of benzene rings is 1. The summed E-state index contributed by atoms with van der Waals surface area (Å²) in [7, 11) is 2.89. The minimum atomic E-state index is -0.290. The number of esters is 1. The van der Waals surface area contributed by atoms with Gasteiger partial charge in [-0.05, 0) is 30.5 Å². The van der Waals surface area contributed by atoms with Gasteiger partial charge >= 0.3 is 5.97 Å². The van der Waals surface area contributed by atoms with Crippen LogP contribution in [0.3, 0.4) is 0 Å². The Morgan fingerprint density at radius 3 is 2.47 bits per heavy atom. The number of aryl methyl sites for hydroxylation is 1. The fourth-order valence-electron chi connectivity index (χ4n) is 1.82. The molecule has 19 heavy (non-hydrogen) atoms. The standard InChI is InChI=1S/C15H20O4/c1-4-11-8-9-14(18-2)12(10-11)13(16)6-5-7-15(17)19-3/h8-10H,4-7H2,1-3H3. The van der Waals surface area contributed by atoms with Crippen molar-refractivity contribution in [1.29, 1.82) is 0 Å². The Hall–Kier alpha value is -1.84. The molecule has 0 saturated heterocycles. The first-order valence-corrected chi connectivity index (χ1v) is 6.39. The molecule has 0 aromatic heterocycles. The Morgan fingerprint density at radius 1 is 1.16 bits per heavy atom. The molecule has 0 N–H and O–H groups in total. The number of carbonyl (C=O) groups excluding carboxylic acids is 2. The largest absolute Gasteiger partial charge is 0.496 e. The van der Waals surface area contributed by atoms with Crippen LogP contribution in [-0.2, 0) is 16.0 Å². The monoisotopic (exact) mass is 264 g/mol. The Bertz CT molecular complexity index is 451. The van der Waals surface area contributed by atoms with Crippen LogP contribution < -0.4 is 4.74 Å².